The van der Waals surface area contributed by atoms with Crippen molar-refractivity contribution in [3.8, 4) is 0 Å². The van der Waals surface area contributed by atoms with E-state index in [0.717, 1.165) is 5.92 Å². The monoisotopic (exact) mass is 268 g/mol. The molecule has 19 heavy (non-hydrogen) atoms. The third-order valence-electron chi connectivity index (χ3n) is 5.24. The summed E-state index contributed by atoms with van der Waals surface area (Å²) in [5, 5.41) is 3.65. The Morgan fingerprint density at radius 3 is 2.53 bits per heavy atom. The van der Waals surface area contributed by atoms with Gasteiger partial charge in [0.2, 0.25) is 0 Å². The standard InChI is InChI=1S/C17H36N2/c1-6-7-8-9-12-16(18-3)17(19(4)5)13-10-11-15(2)14-17/h15-16,18H,6-14H2,1-5H3. The van der Waals surface area contributed by atoms with Gasteiger partial charge in [0, 0.05) is 11.6 Å². The van der Waals surface area contributed by atoms with Crippen LogP contribution in [-0.4, -0.2) is 37.6 Å². The molecule has 0 saturated heterocycles. The summed E-state index contributed by atoms with van der Waals surface area (Å²) in [6, 6.07) is 0.655. The lowest BCUT2D eigenvalue weighted by Crippen LogP contribution is -2.60. The van der Waals surface area contributed by atoms with Crippen LogP contribution in [0.1, 0.15) is 71.6 Å². The zero-order valence-corrected chi connectivity index (χ0v) is 14.0. The van der Waals surface area contributed by atoms with Gasteiger partial charge in [-0.1, -0.05) is 52.4 Å². The van der Waals surface area contributed by atoms with E-state index in [2.05, 4.69) is 45.2 Å². The fourth-order valence-electron chi connectivity index (χ4n) is 4.06. The van der Waals surface area contributed by atoms with E-state index in [-0.39, 0.29) is 0 Å². The Hall–Kier alpha value is -0.0800. The van der Waals surface area contributed by atoms with Gasteiger partial charge >= 0.3 is 0 Å². The van der Waals surface area contributed by atoms with Crippen LogP contribution in [0.3, 0.4) is 0 Å². The minimum Gasteiger partial charge on any atom is -0.315 e. The first-order valence-corrected chi connectivity index (χ1v) is 8.41. The van der Waals surface area contributed by atoms with E-state index in [1.54, 1.807) is 0 Å². The molecule has 0 spiro atoms. The molecule has 0 radical (unpaired) electrons. The maximum absolute atomic E-state index is 3.65. The predicted molar refractivity (Wildman–Crippen MR) is 85.7 cm³/mol. The molecule has 0 heterocycles. The van der Waals surface area contributed by atoms with Gasteiger partial charge in [-0.2, -0.15) is 0 Å². The maximum Gasteiger partial charge on any atom is 0.0358 e. The summed E-state index contributed by atoms with van der Waals surface area (Å²) < 4.78 is 0. The van der Waals surface area contributed by atoms with Crippen molar-refractivity contribution in [2.24, 2.45) is 5.92 Å². The van der Waals surface area contributed by atoms with Crippen molar-refractivity contribution in [3.63, 3.8) is 0 Å². The smallest absolute Gasteiger partial charge is 0.0358 e. The molecule has 0 aromatic rings. The maximum atomic E-state index is 3.65. The lowest BCUT2D eigenvalue weighted by Gasteiger charge is -2.50. The zero-order valence-electron chi connectivity index (χ0n) is 14.0. The average Bonchev–Trinajstić information content (AvgIpc) is 2.38. The zero-order chi connectivity index (χ0) is 14.3. The third-order valence-corrected chi connectivity index (χ3v) is 5.24. The van der Waals surface area contributed by atoms with E-state index >= 15 is 0 Å². The number of rotatable bonds is 8. The molecule has 1 aliphatic rings. The highest BCUT2D eigenvalue weighted by Gasteiger charge is 2.42. The van der Waals surface area contributed by atoms with Crippen LogP contribution in [0.4, 0.5) is 0 Å². The fourth-order valence-corrected chi connectivity index (χ4v) is 4.06. The molecule has 2 heteroatoms. The molecule has 0 bridgehead atoms. The molecule has 0 aliphatic heterocycles. The topological polar surface area (TPSA) is 15.3 Å². The van der Waals surface area contributed by atoms with Crippen LogP contribution in [-0.2, 0) is 0 Å². The van der Waals surface area contributed by atoms with Crippen molar-refractivity contribution < 1.29 is 0 Å². The summed E-state index contributed by atoms with van der Waals surface area (Å²) in [6.45, 7) is 4.72. The first-order chi connectivity index (χ1) is 9.06. The summed E-state index contributed by atoms with van der Waals surface area (Å²) in [6.07, 6.45) is 12.4. The first kappa shape index (κ1) is 17.0. The Morgan fingerprint density at radius 1 is 1.26 bits per heavy atom. The van der Waals surface area contributed by atoms with Crippen molar-refractivity contribution >= 4 is 0 Å². The van der Waals surface area contributed by atoms with Crippen molar-refractivity contribution in [3.05, 3.63) is 0 Å². The Bertz CT molecular complexity index is 239. The van der Waals surface area contributed by atoms with E-state index in [9.17, 15) is 0 Å². The predicted octanol–water partition coefficient (Wildman–Crippen LogP) is 4.06. The third kappa shape index (κ3) is 4.46. The first-order valence-electron chi connectivity index (χ1n) is 8.41. The average molecular weight is 268 g/mol. The Morgan fingerprint density at radius 2 is 2.00 bits per heavy atom. The number of unbranched alkanes of at least 4 members (excludes halogenated alkanes) is 3. The molecule has 1 N–H and O–H groups in total. The molecule has 0 aromatic carbocycles. The highest BCUT2D eigenvalue weighted by Crippen LogP contribution is 2.39. The summed E-state index contributed by atoms with van der Waals surface area (Å²) in [7, 11) is 6.73. The van der Waals surface area contributed by atoms with Crippen molar-refractivity contribution in [2.45, 2.75) is 83.2 Å². The summed E-state index contributed by atoms with van der Waals surface area (Å²) in [4.78, 5) is 2.52. The van der Waals surface area contributed by atoms with E-state index in [1.807, 2.05) is 0 Å². The number of hydrogen-bond donors (Lipinski definition) is 1. The van der Waals surface area contributed by atoms with Gasteiger partial charge in [-0.05, 0) is 46.3 Å². The minimum atomic E-state index is 0.388. The number of likely N-dealkylation sites (N-methyl/N-ethyl adjacent to an activating group) is 2. The molecule has 1 rings (SSSR count). The Balaban J connectivity index is 2.65. The number of nitrogens with one attached hydrogen (secondary N) is 1. The fraction of sp³-hybridized carbons (Fsp3) is 1.00. The van der Waals surface area contributed by atoms with Crippen molar-refractivity contribution in [1.82, 2.24) is 10.2 Å². The highest BCUT2D eigenvalue weighted by atomic mass is 15.2. The Kier molecular flexibility index (Phi) is 7.38. The highest BCUT2D eigenvalue weighted by molar-refractivity contribution is 5.01. The second-order valence-electron chi connectivity index (χ2n) is 6.89. The molecule has 114 valence electrons. The van der Waals surface area contributed by atoms with Gasteiger partial charge in [0.05, 0.1) is 0 Å². The lowest BCUT2D eigenvalue weighted by molar-refractivity contribution is 0.0360. The van der Waals surface area contributed by atoms with Gasteiger partial charge in [-0.25, -0.2) is 0 Å². The van der Waals surface area contributed by atoms with Gasteiger partial charge in [0.25, 0.3) is 0 Å². The lowest BCUT2D eigenvalue weighted by atomic mass is 9.70. The van der Waals surface area contributed by atoms with E-state index in [1.165, 1.54) is 57.8 Å². The second-order valence-corrected chi connectivity index (χ2v) is 6.89. The molecule has 1 aliphatic carbocycles. The van der Waals surface area contributed by atoms with Crippen molar-refractivity contribution in [2.75, 3.05) is 21.1 Å². The Labute approximate surface area is 121 Å². The van der Waals surface area contributed by atoms with Crippen LogP contribution in [0.5, 0.6) is 0 Å². The molecule has 0 amide bonds. The van der Waals surface area contributed by atoms with E-state index < -0.39 is 0 Å². The quantitative estimate of drug-likeness (QED) is 0.668. The van der Waals surface area contributed by atoms with Crippen molar-refractivity contribution in [1.29, 1.82) is 0 Å². The van der Waals surface area contributed by atoms with Gasteiger partial charge in [-0.15, -0.1) is 0 Å². The van der Waals surface area contributed by atoms with Crippen LogP contribution >= 0.6 is 0 Å². The molecule has 3 atom stereocenters. The summed E-state index contributed by atoms with van der Waals surface area (Å²) in [5.41, 5.74) is 0.388. The van der Waals surface area contributed by atoms with Crippen LogP contribution in [0, 0.1) is 5.92 Å². The molecule has 2 nitrogen and oxygen atoms in total. The molecular weight excluding hydrogens is 232 g/mol. The van der Waals surface area contributed by atoms with Gasteiger partial charge in [-0.3, -0.25) is 0 Å². The minimum absolute atomic E-state index is 0.388. The van der Waals surface area contributed by atoms with Crippen LogP contribution in [0.15, 0.2) is 0 Å². The molecule has 1 saturated carbocycles. The van der Waals surface area contributed by atoms with E-state index in [0.29, 0.717) is 11.6 Å². The number of nitrogens with zero attached hydrogens (tertiary/aromatic N) is 1. The van der Waals surface area contributed by atoms with E-state index in [4.69, 9.17) is 0 Å². The SMILES string of the molecule is CCCCCCC(NC)C1(N(C)C)CCCC(C)C1. The molecule has 3 unspecified atom stereocenters. The van der Waals surface area contributed by atoms with Crippen LogP contribution in [0.25, 0.3) is 0 Å². The molecular formula is C17H36N2. The van der Waals surface area contributed by atoms with Gasteiger partial charge < -0.3 is 10.2 Å². The van der Waals surface area contributed by atoms with Crippen LogP contribution in [0.2, 0.25) is 0 Å². The second kappa shape index (κ2) is 8.26. The molecule has 1 fully saturated rings. The van der Waals surface area contributed by atoms with Gasteiger partial charge in [0.15, 0.2) is 0 Å². The summed E-state index contributed by atoms with van der Waals surface area (Å²) in [5.74, 6) is 0.877. The number of hydrogen-bond acceptors (Lipinski definition) is 2. The summed E-state index contributed by atoms with van der Waals surface area (Å²) >= 11 is 0. The molecule has 0 aromatic heterocycles. The van der Waals surface area contributed by atoms with Crippen LogP contribution < -0.4 is 5.32 Å². The van der Waals surface area contributed by atoms with Gasteiger partial charge in [0.1, 0.15) is 0 Å². The largest absolute Gasteiger partial charge is 0.315 e. The normalized spacial score (nSPS) is 29.7.